The number of halogens is 3. The fourth-order valence-electron chi connectivity index (χ4n) is 0.952. The highest BCUT2D eigenvalue weighted by atomic mass is 35.5. The van der Waals surface area contributed by atoms with E-state index in [0.717, 1.165) is 11.5 Å². The fourth-order valence-corrected chi connectivity index (χ4v) is 1.87. The first-order valence-electron chi connectivity index (χ1n) is 3.61. The van der Waals surface area contributed by atoms with Crippen molar-refractivity contribution < 1.29 is 4.39 Å². The number of nitrogens with zero attached hydrogens (tertiary/aromatic N) is 2. The lowest BCUT2D eigenvalue weighted by atomic mass is 10.2. The first kappa shape index (κ1) is 9.83. The highest BCUT2D eigenvalue weighted by molar-refractivity contribution is 7.09. The molecule has 2 nitrogen and oxygen atoms in total. The van der Waals surface area contributed by atoms with E-state index in [1.165, 1.54) is 12.1 Å². The van der Waals surface area contributed by atoms with Gasteiger partial charge in [0.05, 0.1) is 5.02 Å². The molecule has 1 heterocycles. The summed E-state index contributed by atoms with van der Waals surface area (Å²) in [5.41, 5.74) is 0.622. The van der Waals surface area contributed by atoms with Gasteiger partial charge in [-0.3, -0.25) is 0 Å². The Labute approximate surface area is 93.5 Å². The van der Waals surface area contributed by atoms with Crippen molar-refractivity contribution in [2.24, 2.45) is 0 Å². The average Bonchev–Trinajstić information content (AvgIpc) is 2.57. The van der Waals surface area contributed by atoms with Crippen molar-refractivity contribution >= 4 is 34.7 Å². The Balaban J connectivity index is 2.47. The first-order valence-corrected chi connectivity index (χ1v) is 5.14. The number of rotatable bonds is 1. The molecule has 0 saturated heterocycles. The van der Waals surface area contributed by atoms with Crippen LogP contribution in [0.4, 0.5) is 4.39 Å². The van der Waals surface area contributed by atoms with Gasteiger partial charge in [-0.25, -0.2) is 9.37 Å². The van der Waals surface area contributed by atoms with E-state index in [9.17, 15) is 4.39 Å². The second-order valence-corrected chi connectivity index (χ2v) is 3.99. The molecular formula is C8H3Cl2FN2S. The van der Waals surface area contributed by atoms with Gasteiger partial charge in [0.1, 0.15) is 10.8 Å². The van der Waals surface area contributed by atoms with Gasteiger partial charge >= 0.3 is 0 Å². The molecule has 2 aromatic rings. The van der Waals surface area contributed by atoms with Crippen LogP contribution in [0, 0.1) is 5.82 Å². The van der Waals surface area contributed by atoms with Crippen molar-refractivity contribution in [3.63, 3.8) is 0 Å². The zero-order chi connectivity index (χ0) is 10.1. The summed E-state index contributed by atoms with van der Waals surface area (Å²) in [5, 5.41) is 0.829. The standard InChI is InChI=1S/C8H3Cl2FN2S/c9-5-2-1-4(3-6(5)11)7-12-8(10)13-14-7/h1-3H. The summed E-state index contributed by atoms with van der Waals surface area (Å²) in [5.74, 6) is -0.476. The van der Waals surface area contributed by atoms with E-state index in [-0.39, 0.29) is 10.3 Å². The van der Waals surface area contributed by atoms with E-state index >= 15 is 0 Å². The van der Waals surface area contributed by atoms with E-state index in [1.54, 1.807) is 6.07 Å². The zero-order valence-corrected chi connectivity index (χ0v) is 9.00. The molecule has 0 radical (unpaired) electrons. The summed E-state index contributed by atoms with van der Waals surface area (Å²) in [6.45, 7) is 0. The van der Waals surface area contributed by atoms with Crippen LogP contribution in [0.2, 0.25) is 10.3 Å². The van der Waals surface area contributed by atoms with Crippen molar-refractivity contribution in [2.75, 3.05) is 0 Å². The Morgan fingerprint density at radius 3 is 2.64 bits per heavy atom. The Morgan fingerprint density at radius 2 is 2.07 bits per heavy atom. The monoisotopic (exact) mass is 248 g/mol. The molecule has 0 saturated carbocycles. The minimum absolute atomic E-state index is 0.0874. The van der Waals surface area contributed by atoms with Gasteiger partial charge < -0.3 is 0 Å². The summed E-state index contributed by atoms with van der Waals surface area (Å²) in [6.07, 6.45) is 0. The SMILES string of the molecule is Fc1cc(-c2nc(Cl)ns2)ccc1Cl. The summed E-state index contributed by atoms with van der Waals surface area (Å²) in [4.78, 5) is 3.91. The molecule has 0 aliphatic heterocycles. The molecule has 0 fully saturated rings. The van der Waals surface area contributed by atoms with Gasteiger partial charge in [-0.15, -0.1) is 0 Å². The maximum atomic E-state index is 13.1. The molecule has 0 unspecified atom stereocenters. The number of hydrogen-bond donors (Lipinski definition) is 0. The third-order valence-electron chi connectivity index (χ3n) is 1.57. The second-order valence-electron chi connectivity index (χ2n) is 2.50. The van der Waals surface area contributed by atoms with Gasteiger partial charge in [0.2, 0.25) is 5.28 Å². The molecule has 0 atom stereocenters. The minimum Gasteiger partial charge on any atom is -0.205 e. The average molecular weight is 249 g/mol. The molecule has 1 aromatic heterocycles. The molecule has 6 heteroatoms. The van der Waals surface area contributed by atoms with Crippen molar-refractivity contribution in [1.82, 2.24) is 9.36 Å². The molecule has 14 heavy (non-hydrogen) atoms. The van der Waals surface area contributed by atoms with Gasteiger partial charge in [-0.05, 0) is 35.3 Å². The van der Waals surface area contributed by atoms with Gasteiger partial charge in [-0.1, -0.05) is 17.7 Å². The van der Waals surface area contributed by atoms with Crippen LogP contribution in [0.1, 0.15) is 0 Å². The second kappa shape index (κ2) is 3.81. The van der Waals surface area contributed by atoms with Gasteiger partial charge in [-0.2, -0.15) is 4.37 Å². The van der Waals surface area contributed by atoms with E-state index in [1.807, 2.05) is 0 Å². The molecule has 0 bridgehead atoms. The Hall–Kier alpha value is -0.710. The maximum absolute atomic E-state index is 13.1. The van der Waals surface area contributed by atoms with Gasteiger partial charge in [0.25, 0.3) is 0 Å². The lowest BCUT2D eigenvalue weighted by Crippen LogP contribution is -1.80. The van der Waals surface area contributed by atoms with E-state index in [0.29, 0.717) is 10.6 Å². The Bertz CT molecular complexity index is 472. The van der Waals surface area contributed by atoms with Crippen molar-refractivity contribution in [1.29, 1.82) is 0 Å². The highest BCUT2D eigenvalue weighted by Gasteiger charge is 2.07. The summed E-state index contributed by atoms with van der Waals surface area (Å²) >= 11 is 12.2. The Morgan fingerprint density at radius 1 is 1.29 bits per heavy atom. The fraction of sp³-hybridized carbons (Fsp3) is 0. The van der Waals surface area contributed by atoms with Gasteiger partial charge in [0.15, 0.2) is 0 Å². The molecule has 0 aliphatic carbocycles. The third-order valence-corrected chi connectivity index (χ3v) is 2.91. The first-order chi connectivity index (χ1) is 6.66. The zero-order valence-electron chi connectivity index (χ0n) is 6.67. The predicted molar refractivity (Wildman–Crippen MR) is 55.3 cm³/mol. The van der Waals surface area contributed by atoms with Crippen LogP contribution < -0.4 is 0 Å². The topological polar surface area (TPSA) is 25.8 Å². The predicted octanol–water partition coefficient (Wildman–Crippen LogP) is 3.65. The third kappa shape index (κ3) is 1.87. The molecule has 2 rings (SSSR count). The van der Waals surface area contributed by atoms with E-state index in [2.05, 4.69) is 9.36 Å². The van der Waals surface area contributed by atoms with Crippen molar-refractivity contribution in [3.8, 4) is 10.6 Å². The van der Waals surface area contributed by atoms with Crippen LogP contribution in [0.15, 0.2) is 18.2 Å². The number of hydrogen-bond acceptors (Lipinski definition) is 3. The molecule has 0 spiro atoms. The van der Waals surface area contributed by atoms with Crippen molar-refractivity contribution in [3.05, 3.63) is 34.3 Å². The lowest BCUT2D eigenvalue weighted by Gasteiger charge is -1.96. The number of aromatic nitrogens is 2. The molecule has 72 valence electrons. The molecule has 0 N–H and O–H groups in total. The van der Waals surface area contributed by atoms with Crippen LogP contribution >= 0.6 is 34.7 Å². The molecule has 0 aliphatic rings. The maximum Gasteiger partial charge on any atom is 0.234 e. The minimum atomic E-state index is -0.476. The lowest BCUT2D eigenvalue weighted by molar-refractivity contribution is 0.629. The van der Waals surface area contributed by atoms with Crippen LogP contribution in [0.25, 0.3) is 10.6 Å². The van der Waals surface area contributed by atoms with E-state index in [4.69, 9.17) is 23.2 Å². The van der Waals surface area contributed by atoms with Gasteiger partial charge in [0, 0.05) is 5.56 Å². The Kier molecular flexibility index (Phi) is 2.67. The molecule has 0 amide bonds. The molecule has 1 aromatic carbocycles. The summed E-state index contributed by atoms with van der Waals surface area (Å²) in [6, 6.07) is 4.45. The summed E-state index contributed by atoms with van der Waals surface area (Å²) in [7, 11) is 0. The quantitative estimate of drug-likeness (QED) is 0.770. The van der Waals surface area contributed by atoms with Crippen molar-refractivity contribution in [2.45, 2.75) is 0 Å². The number of benzene rings is 1. The molecular weight excluding hydrogens is 246 g/mol. The normalized spacial score (nSPS) is 10.5. The van der Waals surface area contributed by atoms with Crippen LogP contribution in [-0.4, -0.2) is 9.36 Å². The van der Waals surface area contributed by atoms with E-state index < -0.39 is 5.82 Å². The smallest absolute Gasteiger partial charge is 0.205 e. The van der Waals surface area contributed by atoms with Crippen LogP contribution in [0.5, 0.6) is 0 Å². The van der Waals surface area contributed by atoms with Crippen LogP contribution in [0.3, 0.4) is 0 Å². The van der Waals surface area contributed by atoms with Crippen LogP contribution in [-0.2, 0) is 0 Å². The highest BCUT2D eigenvalue weighted by Crippen LogP contribution is 2.26. The summed E-state index contributed by atoms with van der Waals surface area (Å²) < 4.78 is 16.8. The largest absolute Gasteiger partial charge is 0.234 e.